The highest BCUT2D eigenvalue weighted by molar-refractivity contribution is 14.1. The number of amides is 2. The molecule has 0 bridgehead atoms. The molecule has 0 aliphatic heterocycles. The summed E-state index contributed by atoms with van der Waals surface area (Å²) in [6.07, 6.45) is 0.517. The smallest absolute Gasteiger partial charge is 0.261 e. The molecule has 2 aromatic rings. The Bertz CT molecular complexity index is 859. The molecule has 6 heteroatoms. The van der Waals surface area contributed by atoms with Gasteiger partial charge in [0.2, 0.25) is 5.91 Å². The zero-order chi connectivity index (χ0) is 22.3. The number of carbonyl (C=O) groups excluding carboxylic acids is 2. The normalized spacial score (nSPS) is 12.2. The highest BCUT2D eigenvalue weighted by Crippen LogP contribution is 2.18. The number of halogens is 1. The van der Waals surface area contributed by atoms with Gasteiger partial charge in [0.05, 0.1) is 0 Å². The minimum absolute atomic E-state index is 0.119. The van der Waals surface area contributed by atoms with Crippen LogP contribution in [0, 0.1) is 10.5 Å². The monoisotopic (exact) mass is 522 g/mol. The van der Waals surface area contributed by atoms with Crippen molar-refractivity contribution in [3.05, 3.63) is 63.2 Å². The third-order valence-corrected chi connectivity index (χ3v) is 5.38. The van der Waals surface area contributed by atoms with E-state index in [1.54, 1.807) is 4.90 Å². The van der Waals surface area contributed by atoms with E-state index in [4.69, 9.17) is 4.74 Å². The third-order valence-electron chi connectivity index (χ3n) is 4.66. The number of benzene rings is 2. The highest BCUT2D eigenvalue weighted by atomic mass is 127. The topological polar surface area (TPSA) is 58.6 Å². The molecule has 0 aromatic heterocycles. The van der Waals surface area contributed by atoms with E-state index in [2.05, 4.69) is 27.9 Å². The fourth-order valence-corrected chi connectivity index (χ4v) is 3.46. The van der Waals surface area contributed by atoms with Gasteiger partial charge < -0.3 is 15.0 Å². The lowest BCUT2D eigenvalue weighted by molar-refractivity contribution is -0.143. The number of ether oxygens (including phenoxy) is 1. The number of nitrogens with zero attached hydrogens (tertiary/aromatic N) is 1. The molecule has 0 saturated carbocycles. The van der Waals surface area contributed by atoms with Crippen LogP contribution in [0.5, 0.6) is 5.75 Å². The van der Waals surface area contributed by atoms with Gasteiger partial charge in [0, 0.05) is 15.7 Å². The first-order valence-electron chi connectivity index (χ1n) is 10.1. The van der Waals surface area contributed by atoms with Gasteiger partial charge in [-0.15, -0.1) is 0 Å². The second-order valence-electron chi connectivity index (χ2n) is 8.35. The van der Waals surface area contributed by atoms with Crippen molar-refractivity contribution in [2.24, 2.45) is 0 Å². The van der Waals surface area contributed by atoms with Crippen LogP contribution in [-0.4, -0.2) is 34.9 Å². The predicted octanol–water partition coefficient (Wildman–Crippen LogP) is 4.70. The number of aryl methyl sites for hydroxylation is 1. The van der Waals surface area contributed by atoms with Crippen LogP contribution >= 0.6 is 22.6 Å². The molecule has 0 fully saturated rings. The van der Waals surface area contributed by atoms with E-state index in [0.717, 1.165) is 14.7 Å². The number of hydrogen-bond donors (Lipinski definition) is 1. The van der Waals surface area contributed by atoms with Gasteiger partial charge in [0.25, 0.3) is 5.91 Å². The summed E-state index contributed by atoms with van der Waals surface area (Å²) in [5.74, 6) is 0.265. The second kappa shape index (κ2) is 10.8. The standard InChI is InChI=1S/C24H31IN2O3/c1-6-21(23(29)26-24(3,4)5)27(15-18-10-8-7-9-17(18)2)22(28)16-30-20-13-11-19(25)12-14-20/h7-14,21H,6,15-16H2,1-5H3,(H,26,29). The largest absolute Gasteiger partial charge is 0.484 e. The quantitative estimate of drug-likeness (QED) is 0.512. The lowest BCUT2D eigenvalue weighted by Gasteiger charge is -2.33. The number of carbonyl (C=O) groups is 2. The molecule has 2 amide bonds. The molecule has 0 spiro atoms. The molecule has 162 valence electrons. The van der Waals surface area contributed by atoms with E-state index in [9.17, 15) is 9.59 Å². The summed E-state index contributed by atoms with van der Waals surface area (Å²) in [5.41, 5.74) is 1.72. The molecule has 1 N–H and O–H groups in total. The van der Waals surface area contributed by atoms with E-state index in [0.29, 0.717) is 18.7 Å². The van der Waals surface area contributed by atoms with Gasteiger partial charge in [-0.2, -0.15) is 0 Å². The van der Waals surface area contributed by atoms with Crippen LogP contribution < -0.4 is 10.1 Å². The summed E-state index contributed by atoms with van der Waals surface area (Å²) in [6, 6.07) is 14.9. The van der Waals surface area contributed by atoms with Crippen LogP contribution in [0.15, 0.2) is 48.5 Å². The summed E-state index contributed by atoms with van der Waals surface area (Å²) in [7, 11) is 0. The number of nitrogens with one attached hydrogen (secondary N) is 1. The summed E-state index contributed by atoms with van der Waals surface area (Å²) < 4.78 is 6.82. The molecular weight excluding hydrogens is 491 g/mol. The first-order chi connectivity index (χ1) is 14.1. The Hall–Kier alpha value is -2.09. The second-order valence-corrected chi connectivity index (χ2v) is 9.60. The van der Waals surface area contributed by atoms with Crippen LogP contribution in [0.2, 0.25) is 0 Å². The van der Waals surface area contributed by atoms with Crippen LogP contribution in [0.4, 0.5) is 0 Å². The van der Waals surface area contributed by atoms with Crippen molar-refractivity contribution < 1.29 is 14.3 Å². The van der Waals surface area contributed by atoms with Crippen molar-refractivity contribution in [1.82, 2.24) is 10.2 Å². The lowest BCUT2D eigenvalue weighted by Crippen LogP contribution is -2.54. The zero-order valence-corrected chi connectivity index (χ0v) is 20.5. The molecule has 1 atom stereocenters. The molecular formula is C24H31IN2O3. The minimum atomic E-state index is -0.573. The van der Waals surface area contributed by atoms with Crippen LogP contribution in [0.1, 0.15) is 45.2 Å². The minimum Gasteiger partial charge on any atom is -0.484 e. The molecule has 0 aliphatic rings. The molecule has 5 nitrogen and oxygen atoms in total. The van der Waals surface area contributed by atoms with Crippen molar-refractivity contribution in [3.63, 3.8) is 0 Å². The number of hydrogen-bond acceptors (Lipinski definition) is 3. The summed E-state index contributed by atoms with van der Waals surface area (Å²) in [6.45, 7) is 9.98. The van der Waals surface area contributed by atoms with Gasteiger partial charge in [-0.05, 0) is 92.1 Å². The molecule has 2 rings (SSSR count). The van der Waals surface area contributed by atoms with Crippen molar-refractivity contribution in [2.75, 3.05) is 6.61 Å². The van der Waals surface area contributed by atoms with Crippen molar-refractivity contribution in [2.45, 2.75) is 59.2 Å². The van der Waals surface area contributed by atoms with Gasteiger partial charge >= 0.3 is 0 Å². The van der Waals surface area contributed by atoms with Gasteiger partial charge in [-0.25, -0.2) is 0 Å². The Balaban J connectivity index is 2.24. The highest BCUT2D eigenvalue weighted by Gasteiger charge is 2.31. The summed E-state index contributed by atoms with van der Waals surface area (Å²) >= 11 is 2.22. The Morgan fingerprint density at radius 2 is 1.73 bits per heavy atom. The van der Waals surface area contributed by atoms with Crippen molar-refractivity contribution >= 4 is 34.4 Å². The van der Waals surface area contributed by atoms with Gasteiger partial charge in [0.15, 0.2) is 6.61 Å². The maximum atomic E-state index is 13.2. The Morgan fingerprint density at radius 3 is 2.30 bits per heavy atom. The SMILES string of the molecule is CCC(C(=O)NC(C)(C)C)N(Cc1ccccc1C)C(=O)COc1ccc(I)cc1. The van der Waals surface area contributed by atoms with Gasteiger partial charge in [0.1, 0.15) is 11.8 Å². The van der Waals surface area contributed by atoms with E-state index < -0.39 is 6.04 Å². The van der Waals surface area contributed by atoms with E-state index >= 15 is 0 Å². The van der Waals surface area contributed by atoms with E-state index in [1.807, 2.05) is 83.1 Å². The average molecular weight is 522 g/mol. The van der Waals surface area contributed by atoms with E-state index in [-0.39, 0.29) is 24.0 Å². The average Bonchev–Trinajstić information content (AvgIpc) is 2.67. The van der Waals surface area contributed by atoms with Crippen LogP contribution in [0.25, 0.3) is 0 Å². The summed E-state index contributed by atoms with van der Waals surface area (Å²) in [4.78, 5) is 27.8. The maximum absolute atomic E-state index is 13.2. The molecule has 0 heterocycles. The third kappa shape index (κ3) is 7.31. The van der Waals surface area contributed by atoms with Crippen molar-refractivity contribution in [1.29, 1.82) is 0 Å². The summed E-state index contributed by atoms with van der Waals surface area (Å²) in [5, 5.41) is 3.01. The predicted molar refractivity (Wildman–Crippen MR) is 128 cm³/mol. The molecule has 30 heavy (non-hydrogen) atoms. The Morgan fingerprint density at radius 1 is 1.10 bits per heavy atom. The zero-order valence-electron chi connectivity index (χ0n) is 18.4. The Labute approximate surface area is 193 Å². The fraction of sp³-hybridized carbons (Fsp3) is 0.417. The van der Waals surface area contributed by atoms with Crippen LogP contribution in [0.3, 0.4) is 0 Å². The molecule has 1 unspecified atom stereocenters. The first kappa shape index (κ1) is 24.2. The van der Waals surface area contributed by atoms with Crippen molar-refractivity contribution in [3.8, 4) is 5.75 Å². The molecule has 0 radical (unpaired) electrons. The molecule has 0 saturated heterocycles. The van der Waals surface area contributed by atoms with E-state index in [1.165, 1.54) is 0 Å². The molecule has 2 aromatic carbocycles. The fourth-order valence-electron chi connectivity index (χ4n) is 3.10. The number of rotatable bonds is 8. The first-order valence-corrected chi connectivity index (χ1v) is 11.2. The van der Waals surface area contributed by atoms with Crippen LogP contribution in [-0.2, 0) is 16.1 Å². The van der Waals surface area contributed by atoms with Gasteiger partial charge in [-0.3, -0.25) is 9.59 Å². The Kier molecular flexibility index (Phi) is 8.70. The molecule has 0 aliphatic carbocycles. The lowest BCUT2D eigenvalue weighted by atomic mass is 10.0. The van der Waals surface area contributed by atoms with Gasteiger partial charge in [-0.1, -0.05) is 31.2 Å². The maximum Gasteiger partial charge on any atom is 0.261 e.